The second-order valence-electron chi connectivity index (χ2n) is 6.56. The highest BCUT2D eigenvalue weighted by atomic mass is 32.2. The van der Waals surface area contributed by atoms with Gasteiger partial charge in [-0.3, -0.25) is 4.79 Å². The Morgan fingerprint density at radius 3 is 2.71 bits per heavy atom. The van der Waals surface area contributed by atoms with Crippen LogP contribution in [0.1, 0.15) is 17.4 Å². The largest absolute Gasteiger partial charge is 0.338 e. The molecular formula is C19H19N5O3S. The number of nitrogens with zero attached hydrogens (tertiary/aromatic N) is 4. The van der Waals surface area contributed by atoms with Crippen molar-refractivity contribution in [2.75, 3.05) is 12.3 Å². The van der Waals surface area contributed by atoms with Gasteiger partial charge in [0, 0.05) is 32.2 Å². The maximum absolute atomic E-state index is 12.9. The van der Waals surface area contributed by atoms with Crippen LogP contribution >= 0.6 is 0 Å². The number of sulfonamides is 1. The maximum Gasteiger partial charge on any atom is 0.256 e. The number of carbonyl (C=O) groups is 1. The lowest BCUT2D eigenvalue weighted by Crippen LogP contribution is -2.38. The number of aryl methyl sites for hydroxylation is 1. The molecule has 28 heavy (non-hydrogen) atoms. The van der Waals surface area contributed by atoms with Crippen molar-refractivity contribution in [1.29, 1.82) is 0 Å². The van der Waals surface area contributed by atoms with Crippen LogP contribution in [0.4, 0.5) is 0 Å². The van der Waals surface area contributed by atoms with E-state index < -0.39 is 16.1 Å². The van der Waals surface area contributed by atoms with Gasteiger partial charge >= 0.3 is 0 Å². The van der Waals surface area contributed by atoms with E-state index >= 15 is 0 Å². The molecule has 1 aromatic carbocycles. The number of carbonyl (C=O) groups excluding carboxylic acids is 1. The van der Waals surface area contributed by atoms with Gasteiger partial charge in [0.15, 0.2) is 0 Å². The van der Waals surface area contributed by atoms with Gasteiger partial charge in [-0.05, 0) is 17.7 Å². The van der Waals surface area contributed by atoms with Crippen LogP contribution in [-0.2, 0) is 21.9 Å². The minimum Gasteiger partial charge on any atom is -0.338 e. The number of aromatic nitrogens is 2. The number of hydrogen-bond donors (Lipinski definition) is 1. The Morgan fingerprint density at radius 2 is 2.00 bits per heavy atom. The monoisotopic (exact) mass is 397 g/mol. The van der Waals surface area contributed by atoms with E-state index in [4.69, 9.17) is 0 Å². The fourth-order valence-electron chi connectivity index (χ4n) is 3.15. The average molecular weight is 397 g/mol. The quantitative estimate of drug-likeness (QED) is 0.834. The van der Waals surface area contributed by atoms with E-state index in [1.165, 1.54) is 0 Å². The summed E-state index contributed by atoms with van der Waals surface area (Å²) in [5, 5.41) is 3.03. The van der Waals surface area contributed by atoms with Crippen LogP contribution in [0.15, 0.2) is 71.0 Å². The van der Waals surface area contributed by atoms with Crippen LogP contribution in [0.25, 0.3) is 0 Å². The third-order valence-corrected chi connectivity index (χ3v) is 5.77. The van der Waals surface area contributed by atoms with E-state index in [-0.39, 0.29) is 18.2 Å². The van der Waals surface area contributed by atoms with Gasteiger partial charge in [0.25, 0.3) is 15.9 Å². The van der Waals surface area contributed by atoms with Crippen molar-refractivity contribution in [2.24, 2.45) is 11.4 Å². The number of hydrogen-bond acceptors (Lipinski definition) is 5. The van der Waals surface area contributed by atoms with E-state index in [0.717, 1.165) is 5.56 Å². The van der Waals surface area contributed by atoms with Crippen LogP contribution < -0.4 is 5.32 Å². The van der Waals surface area contributed by atoms with Crippen LogP contribution in [0.2, 0.25) is 0 Å². The molecule has 2 aliphatic rings. The van der Waals surface area contributed by atoms with Crippen LogP contribution in [-0.4, -0.2) is 46.9 Å². The summed E-state index contributed by atoms with van der Waals surface area (Å²) in [4.78, 5) is 19.0. The number of fused-ring (bicyclic) bond motifs is 1. The van der Waals surface area contributed by atoms with E-state index in [9.17, 15) is 13.2 Å². The Morgan fingerprint density at radius 1 is 1.21 bits per heavy atom. The van der Waals surface area contributed by atoms with E-state index in [1.54, 1.807) is 29.4 Å². The topological polar surface area (TPSA) is 96.7 Å². The van der Waals surface area contributed by atoms with E-state index in [0.29, 0.717) is 17.2 Å². The lowest BCUT2D eigenvalue weighted by Gasteiger charge is -2.27. The Balaban J connectivity index is 1.60. The van der Waals surface area contributed by atoms with Gasteiger partial charge in [-0.2, -0.15) is 0 Å². The van der Waals surface area contributed by atoms with Gasteiger partial charge in [0.2, 0.25) is 0 Å². The zero-order valence-electron chi connectivity index (χ0n) is 15.2. The second-order valence-corrected chi connectivity index (χ2v) is 8.31. The van der Waals surface area contributed by atoms with E-state index in [2.05, 4.69) is 14.7 Å². The minimum atomic E-state index is -3.43. The number of amides is 1. The standard InChI is InChI=1S/C19H19N5O3S/c1-23-10-9-20-18(23)17(14-5-3-2-4-6-14)21-19(25)15-7-8-16-22-28(26,27)12-11-24(16)13-15/h2-10,13,17H,11-12H2,1H3,(H,21,25)/t17-/m0/s1. The molecule has 0 spiro atoms. The smallest absolute Gasteiger partial charge is 0.256 e. The molecule has 144 valence electrons. The lowest BCUT2D eigenvalue weighted by molar-refractivity contribution is -0.117. The summed E-state index contributed by atoms with van der Waals surface area (Å²) in [6.07, 6.45) is 8.27. The molecule has 1 aromatic heterocycles. The Hall–Kier alpha value is -3.20. The lowest BCUT2D eigenvalue weighted by atomic mass is 10.0. The van der Waals surface area contributed by atoms with Crippen LogP contribution in [0.5, 0.6) is 0 Å². The fourth-order valence-corrected chi connectivity index (χ4v) is 4.12. The molecule has 1 N–H and O–H groups in total. The summed E-state index contributed by atoms with van der Waals surface area (Å²) in [7, 11) is -1.55. The molecule has 4 rings (SSSR count). The Labute approximate surface area is 163 Å². The molecule has 1 atom stereocenters. The maximum atomic E-state index is 12.9. The SMILES string of the molecule is Cn1ccnc1[C@@H](NC(=O)C1=CN2CCS(=O)(=O)N=C2C=C1)c1ccccc1. The molecule has 3 heterocycles. The summed E-state index contributed by atoms with van der Waals surface area (Å²) in [6.45, 7) is 0.268. The summed E-state index contributed by atoms with van der Waals surface area (Å²) in [5.74, 6) is 0.689. The average Bonchev–Trinajstić information content (AvgIpc) is 3.11. The molecule has 0 radical (unpaired) electrons. The van der Waals surface area contributed by atoms with Crippen LogP contribution in [0.3, 0.4) is 0 Å². The van der Waals surface area contributed by atoms with Gasteiger partial charge in [-0.1, -0.05) is 30.3 Å². The first-order valence-corrected chi connectivity index (χ1v) is 10.4. The number of rotatable bonds is 4. The first-order chi connectivity index (χ1) is 13.4. The highest BCUT2D eigenvalue weighted by Gasteiger charge is 2.27. The molecule has 1 amide bonds. The van der Waals surface area contributed by atoms with Crippen molar-refractivity contribution in [1.82, 2.24) is 19.8 Å². The van der Waals surface area contributed by atoms with Crippen molar-refractivity contribution < 1.29 is 13.2 Å². The van der Waals surface area contributed by atoms with Gasteiger partial charge in [0.05, 0.1) is 11.3 Å². The van der Waals surface area contributed by atoms with Crippen molar-refractivity contribution in [2.45, 2.75) is 6.04 Å². The minimum absolute atomic E-state index is 0.0738. The molecule has 0 bridgehead atoms. The molecule has 0 aliphatic carbocycles. The van der Waals surface area contributed by atoms with Crippen molar-refractivity contribution in [3.05, 3.63) is 78.0 Å². The number of benzene rings is 1. The first-order valence-electron chi connectivity index (χ1n) is 8.75. The van der Waals surface area contributed by atoms with Gasteiger partial charge in [-0.15, -0.1) is 4.40 Å². The first kappa shape index (κ1) is 18.2. The molecule has 0 fully saturated rings. The van der Waals surface area contributed by atoms with Gasteiger partial charge in [0.1, 0.15) is 17.7 Å². The Kier molecular flexibility index (Phi) is 4.60. The van der Waals surface area contributed by atoms with Gasteiger partial charge in [-0.25, -0.2) is 13.4 Å². The zero-order valence-corrected chi connectivity index (χ0v) is 16.0. The number of nitrogens with one attached hydrogen (secondary N) is 1. The Bertz CT molecular complexity index is 1100. The molecule has 8 nitrogen and oxygen atoms in total. The molecule has 0 unspecified atom stereocenters. The molecule has 2 aromatic rings. The van der Waals surface area contributed by atoms with Crippen molar-refractivity contribution in [3.63, 3.8) is 0 Å². The fraction of sp³-hybridized carbons (Fsp3) is 0.211. The van der Waals surface area contributed by atoms with Crippen LogP contribution in [0, 0.1) is 0 Å². The number of imidazole rings is 1. The summed E-state index contributed by atoms with van der Waals surface area (Å²) < 4.78 is 28.9. The summed E-state index contributed by atoms with van der Waals surface area (Å²) in [5.41, 5.74) is 1.34. The molecule has 0 saturated heterocycles. The molecule has 9 heteroatoms. The molecule has 0 saturated carbocycles. The zero-order chi connectivity index (χ0) is 19.7. The predicted octanol–water partition coefficient (Wildman–Crippen LogP) is 1.12. The highest BCUT2D eigenvalue weighted by Crippen LogP contribution is 2.22. The third-order valence-electron chi connectivity index (χ3n) is 4.61. The third kappa shape index (κ3) is 3.61. The number of amidine groups is 1. The summed E-state index contributed by atoms with van der Waals surface area (Å²) >= 11 is 0. The van der Waals surface area contributed by atoms with E-state index in [1.807, 2.05) is 48.1 Å². The van der Waals surface area contributed by atoms with Crippen molar-refractivity contribution in [3.8, 4) is 0 Å². The normalized spacial score (nSPS) is 18.7. The second kappa shape index (κ2) is 7.08. The predicted molar refractivity (Wildman–Crippen MR) is 105 cm³/mol. The van der Waals surface area contributed by atoms with Gasteiger partial charge < -0.3 is 14.8 Å². The molecule has 2 aliphatic heterocycles. The molecular weight excluding hydrogens is 378 g/mol. The van der Waals surface area contributed by atoms with Crippen molar-refractivity contribution >= 4 is 21.8 Å². The summed E-state index contributed by atoms with van der Waals surface area (Å²) in [6, 6.07) is 9.19. The highest BCUT2D eigenvalue weighted by molar-refractivity contribution is 7.90.